The maximum atomic E-state index is 11.7. The van der Waals surface area contributed by atoms with E-state index in [9.17, 15) is 4.79 Å². The maximum Gasteiger partial charge on any atom is 0.230 e. The molecule has 0 spiro atoms. The molecule has 1 heterocycles. The van der Waals surface area contributed by atoms with E-state index in [4.69, 9.17) is 4.74 Å². The van der Waals surface area contributed by atoms with Crippen molar-refractivity contribution in [2.24, 2.45) is 0 Å². The van der Waals surface area contributed by atoms with Crippen LogP contribution in [0.15, 0.2) is 47.9 Å². The second kappa shape index (κ2) is 8.68. The number of hydrogen-bond acceptors (Lipinski definition) is 5. The standard InChI is InChI=1S/C18H23N3O2S/c1-18(2,3)14-5-7-15(8-6-14)23-12-11-19-16(22)13-24-17-20-9-4-10-21-17/h4-10H,11-13H2,1-3H3,(H,19,22). The number of carbonyl (C=O) groups is 1. The molecular weight excluding hydrogens is 322 g/mol. The molecule has 0 radical (unpaired) electrons. The zero-order valence-electron chi connectivity index (χ0n) is 14.3. The Hall–Kier alpha value is -2.08. The molecule has 2 rings (SSSR count). The number of benzene rings is 1. The summed E-state index contributed by atoms with van der Waals surface area (Å²) in [6.45, 7) is 7.44. The van der Waals surface area contributed by atoms with Crippen molar-refractivity contribution in [3.63, 3.8) is 0 Å². The molecule has 1 aromatic heterocycles. The second-order valence-corrected chi connectivity index (χ2v) is 7.24. The topological polar surface area (TPSA) is 64.1 Å². The van der Waals surface area contributed by atoms with Crippen molar-refractivity contribution in [3.05, 3.63) is 48.3 Å². The van der Waals surface area contributed by atoms with Gasteiger partial charge in [0.05, 0.1) is 12.3 Å². The molecule has 128 valence electrons. The van der Waals surface area contributed by atoms with Gasteiger partial charge in [0.2, 0.25) is 5.91 Å². The van der Waals surface area contributed by atoms with Crippen molar-refractivity contribution in [1.82, 2.24) is 15.3 Å². The van der Waals surface area contributed by atoms with E-state index in [2.05, 4.69) is 48.2 Å². The first kappa shape index (κ1) is 18.3. The number of nitrogens with zero attached hydrogens (tertiary/aromatic N) is 2. The summed E-state index contributed by atoms with van der Waals surface area (Å²) >= 11 is 1.31. The van der Waals surface area contributed by atoms with Crippen LogP contribution in [0.3, 0.4) is 0 Å². The highest BCUT2D eigenvalue weighted by molar-refractivity contribution is 7.99. The fraction of sp³-hybridized carbons (Fsp3) is 0.389. The number of aromatic nitrogens is 2. The Bertz CT molecular complexity index is 640. The third-order valence-corrected chi connectivity index (χ3v) is 4.16. The van der Waals surface area contributed by atoms with Gasteiger partial charge in [0, 0.05) is 12.4 Å². The lowest BCUT2D eigenvalue weighted by Gasteiger charge is -2.19. The number of thioether (sulfide) groups is 1. The zero-order valence-corrected chi connectivity index (χ0v) is 15.1. The summed E-state index contributed by atoms with van der Waals surface area (Å²) in [6, 6.07) is 9.82. The van der Waals surface area contributed by atoms with Crippen molar-refractivity contribution in [2.75, 3.05) is 18.9 Å². The molecule has 0 aliphatic heterocycles. The molecule has 24 heavy (non-hydrogen) atoms. The van der Waals surface area contributed by atoms with Crippen LogP contribution in [0, 0.1) is 0 Å². The van der Waals surface area contributed by atoms with E-state index in [1.165, 1.54) is 17.3 Å². The third kappa shape index (κ3) is 6.20. The summed E-state index contributed by atoms with van der Waals surface area (Å²) in [7, 11) is 0. The highest BCUT2D eigenvalue weighted by Gasteiger charge is 2.12. The van der Waals surface area contributed by atoms with Crippen molar-refractivity contribution in [2.45, 2.75) is 31.3 Å². The van der Waals surface area contributed by atoms with E-state index in [1.807, 2.05) is 12.1 Å². The number of hydrogen-bond donors (Lipinski definition) is 1. The molecule has 1 aromatic carbocycles. The van der Waals surface area contributed by atoms with Gasteiger partial charge < -0.3 is 10.1 Å². The predicted octanol–water partition coefficient (Wildman–Crippen LogP) is 3.06. The third-order valence-electron chi connectivity index (χ3n) is 3.29. The lowest BCUT2D eigenvalue weighted by molar-refractivity contribution is -0.118. The van der Waals surface area contributed by atoms with Crippen LogP contribution in [-0.4, -0.2) is 34.8 Å². The minimum atomic E-state index is -0.0564. The summed E-state index contributed by atoms with van der Waals surface area (Å²) in [6.07, 6.45) is 3.32. The summed E-state index contributed by atoms with van der Waals surface area (Å²) in [5, 5.41) is 3.42. The van der Waals surface area contributed by atoms with E-state index in [-0.39, 0.29) is 11.3 Å². The van der Waals surface area contributed by atoms with Gasteiger partial charge in [0.15, 0.2) is 5.16 Å². The van der Waals surface area contributed by atoms with Gasteiger partial charge >= 0.3 is 0 Å². The first-order valence-corrected chi connectivity index (χ1v) is 8.83. The lowest BCUT2D eigenvalue weighted by atomic mass is 9.87. The maximum absolute atomic E-state index is 11.7. The number of amides is 1. The van der Waals surface area contributed by atoms with Crippen LogP contribution in [0.1, 0.15) is 26.3 Å². The van der Waals surface area contributed by atoms with Gasteiger partial charge in [-0.2, -0.15) is 0 Å². The minimum absolute atomic E-state index is 0.0564. The van der Waals surface area contributed by atoms with Gasteiger partial charge in [0.1, 0.15) is 12.4 Å². The summed E-state index contributed by atoms with van der Waals surface area (Å²) in [4.78, 5) is 19.9. The smallest absolute Gasteiger partial charge is 0.230 e. The molecule has 0 unspecified atom stereocenters. The van der Waals surface area contributed by atoms with Crippen LogP contribution < -0.4 is 10.1 Å². The van der Waals surface area contributed by atoms with Crippen LogP contribution in [0.4, 0.5) is 0 Å². The second-order valence-electron chi connectivity index (χ2n) is 6.29. The number of carbonyl (C=O) groups excluding carboxylic acids is 1. The molecule has 0 saturated heterocycles. The molecular formula is C18H23N3O2S. The van der Waals surface area contributed by atoms with Gasteiger partial charge in [-0.25, -0.2) is 9.97 Å². The summed E-state index contributed by atoms with van der Waals surface area (Å²) in [5.74, 6) is 1.05. The highest BCUT2D eigenvalue weighted by Crippen LogP contribution is 2.24. The van der Waals surface area contributed by atoms with E-state index in [0.717, 1.165) is 5.75 Å². The van der Waals surface area contributed by atoms with Gasteiger partial charge in [-0.05, 0) is 29.2 Å². The van der Waals surface area contributed by atoms with Crippen LogP contribution >= 0.6 is 11.8 Å². The molecule has 6 heteroatoms. The highest BCUT2D eigenvalue weighted by atomic mass is 32.2. The molecule has 2 aromatic rings. The van der Waals surface area contributed by atoms with Crippen molar-refractivity contribution >= 4 is 17.7 Å². The molecule has 5 nitrogen and oxygen atoms in total. The lowest BCUT2D eigenvalue weighted by Crippen LogP contribution is -2.29. The summed E-state index contributed by atoms with van der Waals surface area (Å²) in [5.41, 5.74) is 1.40. The molecule has 0 saturated carbocycles. The minimum Gasteiger partial charge on any atom is -0.492 e. The number of ether oxygens (including phenoxy) is 1. The van der Waals surface area contributed by atoms with E-state index in [0.29, 0.717) is 24.1 Å². The first-order valence-electron chi connectivity index (χ1n) is 7.85. The monoisotopic (exact) mass is 345 g/mol. The molecule has 0 aliphatic carbocycles. The molecule has 0 bridgehead atoms. The van der Waals surface area contributed by atoms with Crippen LogP contribution in [-0.2, 0) is 10.2 Å². The van der Waals surface area contributed by atoms with Gasteiger partial charge in [-0.15, -0.1) is 0 Å². The van der Waals surface area contributed by atoms with Crippen LogP contribution in [0.2, 0.25) is 0 Å². The quantitative estimate of drug-likeness (QED) is 0.475. The SMILES string of the molecule is CC(C)(C)c1ccc(OCCNC(=O)CSc2ncccn2)cc1. The average Bonchev–Trinajstić information content (AvgIpc) is 2.57. The van der Waals surface area contributed by atoms with Crippen molar-refractivity contribution in [3.8, 4) is 5.75 Å². The average molecular weight is 345 g/mol. The van der Waals surface area contributed by atoms with Gasteiger partial charge in [0.25, 0.3) is 0 Å². The normalized spacial score (nSPS) is 11.1. The van der Waals surface area contributed by atoms with Crippen molar-refractivity contribution in [1.29, 1.82) is 0 Å². The van der Waals surface area contributed by atoms with Gasteiger partial charge in [-0.1, -0.05) is 44.7 Å². The van der Waals surface area contributed by atoms with E-state index in [1.54, 1.807) is 18.5 Å². The molecule has 1 amide bonds. The number of nitrogens with one attached hydrogen (secondary N) is 1. The molecule has 0 atom stereocenters. The molecule has 0 aliphatic rings. The molecule has 1 N–H and O–H groups in total. The zero-order chi connectivity index (χ0) is 17.4. The Labute approximate surface area is 147 Å². The van der Waals surface area contributed by atoms with Gasteiger partial charge in [-0.3, -0.25) is 4.79 Å². The first-order chi connectivity index (χ1) is 11.4. The number of rotatable bonds is 7. The van der Waals surface area contributed by atoms with Crippen LogP contribution in [0.25, 0.3) is 0 Å². The van der Waals surface area contributed by atoms with E-state index >= 15 is 0 Å². The van der Waals surface area contributed by atoms with Crippen LogP contribution in [0.5, 0.6) is 5.75 Å². The Kier molecular flexibility index (Phi) is 6.61. The predicted molar refractivity (Wildman–Crippen MR) is 96.4 cm³/mol. The Morgan fingerprint density at radius 1 is 1.17 bits per heavy atom. The fourth-order valence-electron chi connectivity index (χ4n) is 1.95. The molecule has 0 fully saturated rings. The Balaban J connectivity index is 1.64. The Morgan fingerprint density at radius 3 is 2.46 bits per heavy atom. The van der Waals surface area contributed by atoms with Crippen molar-refractivity contribution < 1.29 is 9.53 Å². The largest absolute Gasteiger partial charge is 0.492 e. The summed E-state index contributed by atoms with van der Waals surface area (Å²) < 4.78 is 5.64. The Morgan fingerprint density at radius 2 is 1.83 bits per heavy atom. The fourth-order valence-corrected chi connectivity index (χ4v) is 2.58. The van der Waals surface area contributed by atoms with E-state index < -0.39 is 0 Å².